The smallest absolute Gasteiger partial charge is 0.224 e. The molecule has 0 saturated heterocycles. The Morgan fingerprint density at radius 1 is 1.15 bits per heavy atom. The van der Waals surface area contributed by atoms with E-state index >= 15 is 0 Å². The van der Waals surface area contributed by atoms with Gasteiger partial charge in [0.15, 0.2) is 0 Å². The summed E-state index contributed by atoms with van der Waals surface area (Å²) < 4.78 is 0. The van der Waals surface area contributed by atoms with Crippen LogP contribution in [0.2, 0.25) is 0 Å². The van der Waals surface area contributed by atoms with E-state index in [2.05, 4.69) is 10.3 Å². The van der Waals surface area contributed by atoms with Crippen LogP contribution in [0, 0.1) is 6.92 Å². The predicted octanol–water partition coefficient (Wildman–Crippen LogP) is 1.71. The van der Waals surface area contributed by atoms with E-state index in [1.54, 1.807) is 0 Å². The number of nitrogens with one attached hydrogen (secondary N) is 1. The minimum Gasteiger partial charge on any atom is -0.350 e. The monoisotopic (exact) mass is 269 g/mol. The van der Waals surface area contributed by atoms with Crippen molar-refractivity contribution in [3.05, 3.63) is 65.0 Å². The third-order valence-electron chi connectivity index (χ3n) is 3.04. The molecule has 1 aromatic heterocycles. The standard InChI is InChI=1S/C16H19N3O/c1-12-3-2-4-15(19-12)11-18-16(20)9-13-5-7-14(10-17)8-6-13/h2-8H,9-11,17H2,1H3,(H,18,20). The molecule has 0 unspecified atom stereocenters. The molecule has 0 atom stereocenters. The second-order valence-electron chi connectivity index (χ2n) is 4.74. The fraction of sp³-hybridized carbons (Fsp3) is 0.250. The highest BCUT2D eigenvalue weighted by molar-refractivity contribution is 5.78. The lowest BCUT2D eigenvalue weighted by Gasteiger charge is -2.06. The van der Waals surface area contributed by atoms with Gasteiger partial charge in [-0.25, -0.2) is 0 Å². The molecule has 0 aliphatic heterocycles. The lowest BCUT2D eigenvalue weighted by molar-refractivity contribution is -0.120. The summed E-state index contributed by atoms with van der Waals surface area (Å²) in [4.78, 5) is 16.2. The molecule has 0 aliphatic carbocycles. The van der Waals surface area contributed by atoms with Crippen molar-refractivity contribution in [1.82, 2.24) is 10.3 Å². The van der Waals surface area contributed by atoms with Gasteiger partial charge >= 0.3 is 0 Å². The topological polar surface area (TPSA) is 68.0 Å². The van der Waals surface area contributed by atoms with Crippen molar-refractivity contribution in [3.63, 3.8) is 0 Å². The maximum atomic E-state index is 11.9. The number of carbonyl (C=O) groups is 1. The molecule has 2 aromatic rings. The van der Waals surface area contributed by atoms with Crippen molar-refractivity contribution in [3.8, 4) is 0 Å². The number of aromatic nitrogens is 1. The van der Waals surface area contributed by atoms with Gasteiger partial charge in [-0.2, -0.15) is 0 Å². The van der Waals surface area contributed by atoms with Crippen LogP contribution in [0.4, 0.5) is 0 Å². The van der Waals surface area contributed by atoms with Crippen LogP contribution in [0.5, 0.6) is 0 Å². The van der Waals surface area contributed by atoms with Crippen molar-refractivity contribution in [2.75, 3.05) is 0 Å². The molecule has 0 saturated carbocycles. The molecule has 0 bridgehead atoms. The van der Waals surface area contributed by atoms with Gasteiger partial charge in [0, 0.05) is 12.2 Å². The number of aryl methyl sites for hydroxylation is 1. The Balaban J connectivity index is 1.85. The van der Waals surface area contributed by atoms with E-state index in [1.165, 1.54) is 0 Å². The lowest BCUT2D eigenvalue weighted by Crippen LogP contribution is -2.25. The zero-order valence-corrected chi connectivity index (χ0v) is 11.6. The molecule has 1 amide bonds. The van der Waals surface area contributed by atoms with Crippen LogP contribution in [-0.2, 0) is 24.3 Å². The molecule has 104 valence electrons. The summed E-state index contributed by atoms with van der Waals surface area (Å²) in [6, 6.07) is 13.6. The minimum absolute atomic E-state index is 0.00574. The molecule has 0 spiro atoms. The van der Waals surface area contributed by atoms with E-state index in [1.807, 2.05) is 49.4 Å². The number of hydrogen-bond acceptors (Lipinski definition) is 3. The Bertz CT molecular complexity index is 579. The third kappa shape index (κ3) is 4.17. The highest BCUT2D eigenvalue weighted by Gasteiger charge is 2.04. The van der Waals surface area contributed by atoms with E-state index < -0.39 is 0 Å². The van der Waals surface area contributed by atoms with Gasteiger partial charge in [0.1, 0.15) is 0 Å². The average molecular weight is 269 g/mol. The number of pyridine rings is 1. The highest BCUT2D eigenvalue weighted by Crippen LogP contribution is 2.05. The molecule has 2 rings (SSSR count). The quantitative estimate of drug-likeness (QED) is 0.868. The SMILES string of the molecule is Cc1cccc(CNC(=O)Cc2ccc(CN)cc2)n1. The van der Waals surface area contributed by atoms with Crippen molar-refractivity contribution in [2.24, 2.45) is 5.73 Å². The first kappa shape index (κ1) is 14.2. The Morgan fingerprint density at radius 3 is 2.50 bits per heavy atom. The Kier molecular flexibility index (Phi) is 4.85. The Labute approximate surface area is 119 Å². The van der Waals surface area contributed by atoms with Crippen molar-refractivity contribution >= 4 is 5.91 Å². The predicted molar refractivity (Wildman–Crippen MR) is 78.9 cm³/mol. The molecule has 1 aromatic carbocycles. The van der Waals surface area contributed by atoms with Crippen molar-refractivity contribution < 1.29 is 4.79 Å². The molecular weight excluding hydrogens is 250 g/mol. The lowest BCUT2D eigenvalue weighted by atomic mass is 10.1. The molecule has 4 heteroatoms. The molecular formula is C16H19N3O. The zero-order chi connectivity index (χ0) is 14.4. The molecule has 1 heterocycles. The highest BCUT2D eigenvalue weighted by atomic mass is 16.1. The van der Waals surface area contributed by atoms with Crippen LogP contribution in [0.15, 0.2) is 42.5 Å². The van der Waals surface area contributed by atoms with E-state index in [0.29, 0.717) is 19.5 Å². The molecule has 0 aliphatic rings. The molecule has 20 heavy (non-hydrogen) atoms. The number of nitrogens with zero attached hydrogens (tertiary/aromatic N) is 1. The number of carbonyl (C=O) groups excluding carboxylic acids is 1. The number of amides is 1. The van der Waals surface area contributed by atoms with E-state index in [-0.39, 0.29) is 5.91 Å². The van der Waals surface area contributed by atoms with Crippen molar-refractivity contribution in [2.45, 2.75) is 26.4 Å². The number of hydrogen-bond donors (Lipinski definition) is 2. The van der Waals surface area contributed by atoms with Crippen LogP contribution in [0.25, 0.3) is 0 Å². The van der Waals surface area contributed by atoms with Gasteiger partial charge in [-0.1, -0.05) is 30.3 Å². The minimum atomic E-state index is -0.00574. The average Bonchev–Trinajstić information content (AvgIpc) is 2.46. The second kappa shape index (κ2) is 6.82. The maximum absolute atomic E-state index is 11.9. The van der Waals surface area contributed by atoms with Gasteiger partial charge in [0.2, 0.25) is 5.91 Å². The molecule has 3 N–H and O–H groups in total. The fourth-order valence-electron chi connectivity index (χ4n) is 1.93. The van der Waals surface area contributed by atoms with Gasteiger partial charge in [0.25, 0.3) is 0 Å². The summed E-state index contributed by atoms with van der Waals surface area (Å²) >= 11 is 0. The number of rotatable bonds is 5. The fourth-order valence-corrected chi connectivity index (χ4v) is 1.93. The van der Waals surface area contributed by atoms with E-state index in [0.717, 1.165) is 22.5 Å². The van der Waals surface area contributed by atoms with Gasteiger partial charge in [0.05, 0.1) is 18.7 Å². The summed E-state index contributed by atoms with van der Waals surface area (Å²) in [6.45, 7) is 2.91. The summed E-state index contributed by atoms with van der Waals surface area (Å²) in [6.07, 6.45) is 0.372. The van der Waals surface area contributed by atoms with Crippen LogP contribution in [0.3, 0.4) is 0 Å². The molecule has 0 fully saturated rings. The first-order chi connectivity index (χ1) is 9.67. The van der Waals surface area contributed by atoms with E-state index in [4.69, 9.17) is 5.73 Å². The van der Waals surface area contributed by atoms with Gasteiger partial charge in [-0.15, -0.1) is 0 Å². The number of benzene rings is 1. The summed E-state index contributed by atoms with van der Waals surface area (Å²) in [5, 5.41) is 2.88. The van der Waals surface area contributed by atoms with Crippen LogP contribution >= 0.6 is 0 Å². The van der Waals surface area contributed by atoms with Crippen LogP contribution in [0.1, 0.15) is 22.5 Å². The molecule has 0 radical (unpaired) electrons. The van der Waals surface area contributed by atoms with Gasteiger partial charge < -0.3 is 11.1 Å². The second-order valence-corrected chi connectivity index (χ2v) is 4.74. The first-order valence-corrected chi connectivity index (χ1v) is 6.64. The summed E-state index contributed by atoms with van der Waals surface area (Å²) in [5.41, 5.74) is 9.42. The third-order valence-corrected chi connectivity index (χ3v) is 3.04. The Hall–Kier alpha value is -2.20. The van der Waals surface area contributed by atoms with Gasteiger partial charge in [-0.3, -0.25) is 9.78 Å². The molecule has 4 nitrogen and oxygen atoms in total. The van der Waals surface area contributed by atoms with Crippen LogP contribution < -0.4 is 11.1 Å². The summed E-state index contributed by atoms with van der Waals surface area (Å²) in [7, 11) is 0. The maximum Gasteiger partial charge on any atom is 0.224 e. The first-order valence-electron chi connectivity index (χ1n) is 6.64. The van der Waals surface area contributed by atoms with Crippen molar-refractivity contribution in [1.29, 1.82) is 0 Å². The Morgan fingerprint density at radius 2 is 1.85 bits per heavy atom. The zero-order valence-electron chi connectivity index (χ0n) is 11.6. The summed E-state index contributed by atoms with van der Waals surface area (Å²) in [5.74, 6) is -0.00574. The van der Waals surface area contributed by atoms with Crippen LogP contribution in [-0.4, -0.2) is 10.9 Å². The normalized spacial score (nSPS) is 10.3. The number of nitrogens with two attached hydrogens (primary N) is 1. The largest absolute Gasteiger partial charge is 0.350 e. The van der Waals surface area contributed by atoms with E-state index in [9.17, 15) is 4.79 Å². The van der Waals surface area contributed by atoms with Gasteiger partial charge in [-0.05, 0) is 30.2 Å².